The summed E-state index contributed by atoms with van der Waals surface area (Å²) >= 11 is 3.34. The standard InChI is InChI=1S/C18H18BrNO4/c1-11(2)10-24-16-8-7-12(19)9-14(16)17(21)20-15-6-4-3-5-13(15)18(22)23/h3-9,11H,10H2,1-2H3,(H,20,21)(H,22,23). The third-order valence-corrected chi connectivity index (χ3v) is 3.66. The molecule has 0 unspecified atom stereocenters. The molecule has 1 amide bonds. The lowest BCUT2D eigenvalue weighted by Crippen LogP contribution is -2.17. The number of nitrogens with one attached hydrogen (secondary N) is 1. The van der Waals surface area contributed by atoms with Crippen molar-refractivity contribution in [3.8, 4) is 5.75 Å². The van der Waals surface area contributed by atoms with Gasteiger partial charge in [-0.3, -0.25) is 4.79 Å². The second kappa shape index (κ2) is 7.97. The van der Waals surface area contributed by atoms with Gasteiger partial charge in [-0.05, 0) is 36.2 Å². The van der Waals surface area contributed by atoms with E-state index in [1.54, 1.807) is 36.4 Å². The predicted molar refractivity (Wildman–Crippen MR) is 95.8 cm³/mol. The summed E-state index contributed by atoms with van der Waals surface area (Å²) in [6.07, 6.45) is 0. The maximum atomic E-state index is 12.6. The third kappa shape index (κ3) is 4.58. The molecule has 24 heavy (non-hydrogen) atoms. The Morgan fingerprint density at radius 1 is 1.17 bits per heavy atom. The fourth-order valence-electron chi connectivity index (χ4n) is 2.03. The molecule has 0 saturated heterocycles. The second-order valence-corrected chi connectivity index (χ2v) is 6.57. The van der Waals surface area contributed by atoms with Gasteiger partial charge in [-0.15, -0.1) is 0 Å². The smallest absolute Gasteiger partial charge is 0.337 e. The molecule has 126 valence electrons. The van der Waals surface area contributed by atoms with Crippen LogP contribution in [0.5, 0.6) is 5.75 Å². The topological polar surface area (TPSA) is 75.6 Å². The molecule has 0 spiro atoms. The average molecular weight is 392 g/mol. The molecule has 0 bridgehead atoms. The molecule has 0 fully saturated rings. The molecule has 0 aliphatic rings. The number of hydrogen-bond donors (Lipinski definition) is 2. The predicted octanol–water partition coefficient (Wildman–Crippen LogP) is 4.43. The van der Waals surface area contributed by atoms with Crippen molar-refractivity contribution in [2.75, 3.05) is 11.9 Å². The normalized spacial score (nSPS) is 10.5. The summed E-state index contributed by atoms with van der Waals surface area (Å²) in [6, 6.07) is 11.4. The van der Waals surface area contributed by atoms with Crippen molar-refractivity contribution in [1.82, 2.24) is 0 Å². The minimum absolute atomic E-state index is 0.0329. The van der Waals surface area contributed by atoms with E-state index in [1.807, 2.05) is 13.8 Å². The first kappa shape index (κ1) is 18.0. The number of aromatic carboxylic acids is 1. The molecule has 2 aromatic rings. The van der Waals surface area contributed by atoms with Crippen LogP contribution in [-0.4, -0.2) is 23.6 Å². The monoisotopic (exact) mass is 391 g/mol. The van der Waals surface area contributed by atoms with Crippen LogP contribution in [0.3, 0.4) is 0 Å². The van der Waals surface area contributed by atoms with Crippen molar-refractivity contribution in [2.45, 2.75) is 13.8 Å². The minimum atomic E-state index is -1.10. The molecule has 0 aliphatic carbocycles. The molecule has 5 nitrogen and oxygen atoms in total. The van der Waals surface area contributed by atoms with Crippen molar-refractivity contribution in [1.29, 1.82) is 0 Å². The minimum Gasteiger partial charge on any atom is -0.492 e. The maximum Gasteiger partial charge on any atom is 0.337 e. The van der Waals surface area contributed by atoms with E-state index in [1.165, 1.54) is 6.07 Å². The van der Waals surface area contributed by atoms with Crippen LogP contribution in [-0.2, 0) is 0 Å². The molecule has 6 heteroatoms. The van der Waals surface area contributed by atoms with Crippen molar-refractivity contribution >= 4 is 33.5 Å². The quantitative estimate of drug-likeness (QED) is 0.763. The van der Waals surface area contributed by atoms with E-state index in [2.05, 4.69) is 21.2 Å². The Hall–Kier alpha value is -2.34. The van der Waals surface area contributed by atoms with Gasteiger partial charge in [0.1, 0.15) is 5.75 Å². The summed E-state index contributed by atoms with van der Waals surface area (Å²) < 4.78 is 6.42. The SMILES string of the molecule is CC(C)COc1ccc(Br)cc1C(=O)Nc1ccccc1C(=O)O. The molecule has 2 aromatic carbocycles. The molecule has 0 aromatic heterocycles. The number of carbonyl (C=O) groups excluding carboxylic acids is 1. The molecule has 2 rings (SSSR count). The highest BCUT2D eigenvalue weighted by Crippen LogP contribution is 2.25. The van der Waals surface area contributed by atoms with Gasteiger partial charge >= 0.3 is 5.97 Å². The van der Waals surface area contributed by atoms with Crippen LogP contribution < -0.4 is 10.1 Å². The van der Waals surface area contributed by atoms with Crippen molar-refractivity contribution in [3.63, 3.8) is 0 Å². The van der Waals surface area contributed by atoms with Gasteiger partial charge in [-0.25, -0.2) is 4.79 Å². The van der Waals surface area contributed by atoms with Gasteiger partial charge in [-0.1, -0.05) is 41.9 Å². The first-order valence-electron chi connectivity index (χ1n) is 7.44. The number of amides is 1. The van der Waals surface area contributed by atoms with Crippen molar-refractivity contribution < 1.29 is 19.4 Å². The van der Waals surface area contributed by atoms with E-state index in [0.717, 1.165) is 4.47 Å². The Morgan fingerprint density at radius 2 is 1.88 bits per heavy atom. The molecule has 2 N–H and O–H groups in total. The molecular formula is C18H18BrNO4. The average Bonchev–Trinajstić information content (AvgIpc) is 2.53. The first-order valence-corrected chi connectivity index (χ1v) is 8.23. The molecular weight excluding hydrogens is 374 g/mol. The summed E-state index contributed by atoms with van der Waals surface area (Å²) in [5.41, 5.74) is 0.612. The molecule has 0 saturated carbocycles. The van der Waals surface area contributed by atoms with E-state index >= 15 is 0 Å². The van der Waals surface area contributed by atoms with E-state index in [0.29, 0.717) is 23.8 Å². The lowest BCUT2D eigenvalue weighted by atomic mass is 10.1. The van der Waals surface area contributed by atoms with Gasteiger partial charge in [0, 0.05) is 4.47 Å². The van der Waals surface area contributed by atoms with Gasteiger partial charge in [0.15, 0.2) is 0 Å². The number of carboxylic acid groups (broad SMARTS) is 1. The fourth-order valence-corrected chi connectivity index (χ4v) is 2.39. The number of ether oxygens (including phenoxy) is 1. The molecule has 0 aliphatic heterocycles. The Kier molecular flexibility index (Phi) is 5.98. The van der Waals surface area contributed by atoms with Gasteiger partial charge in [0.25, 0.3) is 5.91 Å². The van der Waals surface area contributed by atoms with Gasteiger partial charge in [0.05, 0.1) is 23.4 Å². The highest BCUT2D eigenvalue weighted by Gasteiger charge is 2.17. The number of rotatable bonds is 6. The lowest BCUT2D eigenvalue weighted by molar-refractivity contribution is 0.0698. The zero-order valence-electron chi connectivity index (χ0n) is 13.4. The molecule has 0 atom stereocenters. The van der Waals surface area contributed by atoms with Crippen LogP contribution in [0.25, 0.3) is 0 Å². The van der Waals surface area contributed by atoms with E-state index in [4.69, 9.17) is 4.74 Å². The van der Waals surface area contributed by atoms with Crippen LogP contribution in [0.4, 0.5) is 5.69 Å². The van der Waals surface area contributed by atoms with Crippen LogP contribution in [0.1, 0.15) is 34.6 Å². The van der Waals surface area contributed by atoms with Crippen LogP contribution in [0.15, 0.2) is 46.9 Å². The van der Waals surface area contributed by atoms with E-state index in [9.17, 15) is 14.7 Å². The highest BCUT2D eigenvalue weighted by atomic mass is 79.9. The summed E-state index contributed by atoms with van der Waals surface area (Å²) in [7, 11) is 0. The number of benzene rings is 2. The molecule has 0 radical (unpaired) electrons. The number of carboxylic acids is 1. The largest absolute Gasteiger partial charge is 0.492 e. The van der Waals surface area contributed by atoms with E-state index in [-0.39, 0.29) is 11.3 Å². The Bertz CT molecular complexity index is 758. The lowest BCUT2D eigenvalue weighted by Gasteiger charge is -2.14. The number of halogens is 1. The zero-order valence-corrected chi connectivity index (χ0v) is 15.0. The Labute approximate surface area is 148 Å². The third-order valence-electron chi connectivity index (χ3n) is 3.16. The Morgan fingerprint density at radius 3 is 2.54 bits per heavy atom. The fraction of sp³-hybridized carbons (Fsp3) is 0.222. The first-order chi connectivity index (χ1) is 11.4. The van der Waals surface area contributed by atoms with Crippen LogP contribution in [0, 0.1) is 5.92 Å². The molecule has 0 heterocycles. The number of hydrogen-bond acceptors (Lipinski definition) is 3. The van der Waals surface area contributed by atoms with Gasteiger partial charge in [-0.2, -0.15) is 0 Å². The summed E-state index contributed by atoms with van der Waals surface area (Å²) in [5.74, 6) is -0.755. The number of para-hydroxylation sites is 1. The summed E-state index contributed by atoms with van der Waals surface area (Å²) in [4.78, 5) is 23.9. The number of carbonyl (C=O) groups is 2. The maximum absolute atomic E-state index is 12.6. The van der Waals surface area contributed by atoms with Crippen LogP contribution in [0.2, 0.25) is 0 Å². The van der Waals surface area contributed by atoms with Gasteiger partial charge < -0.3 is 15.2 Å². The van der Waals surface area contributed by atoms with Crippen LogP contribution >= 0.6 is 15.9 Å². The second-order valence-electron chi connectivity index (χ2n) is 5.65. The Balaban J connectivity index is 2.29. The number of anilines is 1. The highest BCUT2D eigenvalue weighted by molar-refractivity contribution is 9.10. The summed E-state index contributed by atoms with van der Waals surface area (Å²) in [5, 5.41) is 11.9. The zero-order chi connectivity index (χ0) is 17.7. The van der Waals surface area contributed by atoms with Crippen molar-refractivity contribution in [3.05, 3.63) is 58.1 Å². The summed E-state index contributed by atoms with van der Waals surface area (Å²) in [6.45, 7) is 4.51. The van der Waals surface area contributed by atoms with Crippen molar-refractivity contribution in [2.24, 2.45) is 5.92 Å². The van der Waals surface area contributed by atoms with Gasteiger partial charge in [0.2, 0.25) is 0 Å². The van der Waals surface area contributed by atoms with E-state index < -0.39 is 11.9 Å².